The molecule has 2 aliphatic carbocycles. The number of nitrogens with zero attached hydrogens (tertiary/aromatic N) is 2. The standard InChI is InChI=1S/C39H53N5O9S/c1-7-24-19-23(2)11-8-9-12-25-21-39(25,36(47)43-54(49,50)27-15-16-27)42-33(45)30-20-26(22-44(30)35(46)32(24)41-37(48)53-38(3,4)5)52-34-29-13-10-14-31(51-6)28(29)17-18-40-34/h9-10,12-14,17-18,23-27,30,32H,7-8,11,15-16,19-22H2,1-6H3,(H,41,48)(H,42,45)(H,43,47)/b12-9-/t23-,24+,25+,26+,30-,32-,39+/m0/s1. The molecule has 1 aromatic carbocycles. The number of alkyl carbamates (subject to hydrolysis) is 1. The third-order valence-electron chi connectivity index (χ3n) is 10.9. The molecule has 3 N–H and O–H groups in total. The highest BCUT2D eigenvalue weighted by Gasteiger charge is 2.62. The summed E-state index contributed by atoms with van der Waals surface area (Å²) in [5, 5.41) is 6.58. The molecule has 0 bridgehead atoms. The second kappa shape index (κ2) is 15.4. The van der Waals surface area contributed by atoms with E-state index >= 15 is 0 Å². The Morgan fingerprint density at radius 3 is 2.54 bits per heavy atom. The van der Waals surface area contributed by atoms with Gasteiger partial charge in [-0.3, -0.25) is 19.1 Å². The van der Waals surface area contributed by atoms with E-state index in [4.69, 9.17) is 14.2 Å². The van der Waals surface area contributed by atoms with Crippen LogP contribution in [0, 0.1) is 17.8 Å². The topological polar surface area (TPSA) is 182 Å². The van der Waals surface area contributed by atoms with E-state index in [0.717, 1.165) is 11.8 Å². The Kier molecular flexibility index (Phi) is 11.2. The molecule has 7 atom stereocenters. The maximum absolute atomic E-state index is 14.9. The largest absolute Gasteiger partial charge is 0.496 e. The van der Waals surface area contributed by atoms with Crippen LogP contribution in [-0.2, 0) is 29.1 Å². The number of allylic oxidation sites excluding steroid dienone is 1. The predicted octanol–water partition coefficient (Wildman–Crippen LogP) is 4.37. The van der Waals surface area contributed by atoms with E-state index in [0.29, 0.717) is 49.1 Å². The average Bonchev–Trinajstić information content (AvgIpc) is 4.04. The summed E-state index contributed by atoms with van der Waals surface area (Å²) >= 11 is 0. The molecule has 6 rings (SSSR count). The Hall–Kier alpha value is -4.40. The average molecular weight is 768 g/mol. The van der Waals surface area contributed by atoms with Gasteiger partial charge >= 0.3 is 6.09 Å². The van der Waals surface area contributed by atoms with Crippen molar-refractivity contribution in [2.45, 2.75) is 121 Å². The number of carbonyl (C=O) groups is 4. The minimum Gasteiger partial charge on any atom is -0.496 e. The summed E-state index contributed by atoms with van der Waals surface area (Å²) < 4.78 is 45.6. The van der Waals surface area contributed by atoms with Gasteiger partial charge in [0.15, 0.2) is 0 Å². The van der Waals surface area contributed by atoms with Crippen LogP contribution in [0.1, 0.15) is 86.0 Å². The number of pyridine rings is 1. The molecule has 14 nitrogen and oxygen atoms in total. The summed E-state index contributed by atoms with van der Waals surface area (Å²) in [5.41, 5.74) is -2.33. The third-order valence-corrected chi connectivity index (χ3v) is 12.7. The fourth-order valence-electron chi connectivity index (χ4n) is 7.73. The van der Waals surface area contributed by atoms with Gasteiger partial charge in [0.25, 0.3) is 5.91 Å². The summed E-state index contributed by atoms with van der Waals surface area (Å²) in [6.45, 7) is 9.27. The number of aromatic nitrogens is 1. The molecule has 2 aliphatic heterocycles. The first-order valence-electron chi connectivity index (χ1n) is 19.0. The van der Waals surface area contributed by atoms with Crippen LogP contribution in [-0.4, -0.2) is 90.3 Å². The van der Waals surface area contributed by atoms with Crippen LogP contribution < -0.4 is 24.8 Å². The van der Waals surface area contributed by atoms with Gasteiger partial charge in [0.05, 0.1) is 18.9 Å². The lowest BCUT2D eigenvalue weighted by molar-refractivity contribution is -0.142. The van der Waals surface area contributed by atoms with Crippen molar-refractivity contribution in [3.05, 3.63) is 42.6 Å². The van der Waals surface area contributed by atoms with Crippen molar-refractivity contribution in [2.24, 2.45) is 17.8 Å². The first-order valence-corrected chi connectivity index (χ1v) is 20.5. The molecule has 54 heavy (non-hydrogen) atoms. The molecule has 0 spiro atoms. The Labute approximate surface area is 317 Å². The molecule has 1 aromatic heterocycles. The molecule has 3 fully saturated rings. The maximum Gasteiger partial charge on any atom is 0.408 e. The molecule has 15 heteroatoms. The molecule has 0 unspecified atom stereocenters. The van der Waals surface area contributed by atoms with E-state index in [1.54, 1.807) is 34.1 Å². The van der Waals surface area contributed by atoms with Crippen molar-refractivity contribution in [3.8, 4) is 11.6 Å². The van der Waals surface area contributed by atoms with Crippen molar-refractivity contribution in [2.75, 3.05) is 13.7 Å². The minimum atomic E-state index is -3.90. The van der Waals surface area contributed by atoms with Gasteiger partial charge in [0.1, 0.15) is 35.1 Å². The Morgan fingerprint density at radius 1 is 1.09 bits per heavy atom. The number of benzene rings is 1. The van der Waals surface area contributed by atoms with E-state index in [1.165, 1.54) is 4.90 Å². The van der Waals surface area contributed by atoms with Crippen LogP contribution in [0.25, 0.3) is 10.8 Å². The summed E-state index contributed by atoms with van der Waals surface area (Å²) in [6.07, 6.45) is 7.84. The zero-order valence-electron chi connectivity index (χ0n) is 31.9. The van der Waals surface area contributed by atoms with Gasteiger partial charge in [-0.1, -0.05) is 38.5 Å². The molecular formula is C39H53N5O9S. The number of carbonyl (C=O) groups excluding carboxylic acids is 4. The van der Waals surface area contributed by atoms with Crippen molar-refractivity contribution in [1.82, 2.24) is 25.2 Å². The predicted molar refractivity (Wildman–Crippen MR) is 201 cm³/mol. The number of nitrogens with one attached hydrogen (secondary N) is 3. The lowest BCUT2D eigenvalue weighted by Gasteiger charge is -2.34. The van der Waals surface area contributed by atoms with E-state index in [-0.39, 0.29) is 31.2 Å². The van der Waals surface area contributed by atoms with Crippen LogP contribution in [0.2, 0.25) is 0 Å². The second-order valence-electron chi connectivity index (χ2n) is 16.2. The summed E-state index contributed by atoms with van der Waals surface area (Å²) in [4.78, 5) is 62.3. The van der Waals surface area contributed by atoms with Gasteiger partial charge in [-0.05, 0) is 89.3 Å². The van der Waals surface area contributed by atoms with E-state index in [2.05, 4.69) is 27.3 Å². The second-order valence-corrected chi connectivity index (χ2v) is 18.2. The Morgan fingerprint density at radius 2 is 1.85 bits per heavy atom. The number of amides is 4. The van der Waals surface area contributed by atoms with Crippen molar-refractivity contribution >= 4 is 44.6 Å². The number of sulfonamides is 1. The first-order chi connectivity index (χ1) is 25.5. The molecule has 294 valence electrons. The summed E-state index contributed by atoms with van der Waals surface area (Å²) in [6, 6.07) is 5.15. The van der Waals surface area contributed by atoms with Crippen LogP contribution in [0.4, 0.5) is 4.79 Å². The molecule has 3 heterocycles. The summed E-state index contributed by atoms with van der Waals surface area (Å²) in [5.74, 6) is -1.53. The molecule has 4 aliphatic rings. The van der Waals surface area contributed by atoms with Gasteiger partial charge in [-0.2, -0.15) is 0 Å². The third kappa shape index (κ3) is 8.61. The van der Waals surface area contributed by atoms with Crippen LogP contribution >= 0.6 is 0 Å². The molecule has 2 saturated carbocycles. The minimum absolute atomic E-state index is 0.0178. The first kappa shape index (κ1) is 39.3. The maximum atomic E-state index is 14.9. The van der Waals surface area contributed by atoms with E-state index in [1.807, 2.05) is 43.3 Å². The zero-order chi connectivity index (χ0) is 39.0. The Bertz CT molecular complexity index is 1910. The lowest BCUT2D eigenvalue weighted by Crippen LogP contribution is -2.59. The van der Waals surface area contributed by atoms with Crippen molar-refractivity contribution in [3.63, 3.8) is 0 Å². The van der Waals surface area contributed by atoms with E-state index in [9.17, 15) is 27.6 Å². The monoisotopic (exact) mass is 767 g/mol. The highest BCUT2D eigenvalue weighted by Crippen LogP contribution is 2.46. The molecule has 0 radical (unpaired) electrons. The van der Waals surface area contributed by atoms with Crippen LogP contribution in [0.3, 0.4) is 0 Å². The normalized spacial score (nSPS) is 29.8. The number of methoxy groups -OCH3 is 1. The van der Waals surface area contributed by atoms with Crippen molar-refractivity contribution in [1.29, 1.82) is 0 Å². The molecular weight excluding hydrogens is 715 g/mol. The number of rotatable bonds is 8. The fraction of sp³-hybridized carbons (Fsp3) is 0.615. The van der Waals surface area contributed by atoms with Gasteiger partial charge < -0.3 is 29.7 Å². The zero-order valence-corrected chi connectivity index (χ0v) is 32.7. The van der Waals surface area contributed by atoms with E-state index < -0.39 is 74.3 Å². The van der Waals surface area contributed by atoms with Gasteiger partial charge in [0.2, 0.25) is 27.7 Å². The fourth-order valence-corrected chi connectivity index (χ4v) is 9.10. The van der Waals surface area contributed by atoms with Gasteiger partial charge in [0, 0.05) is 29.3 Å². The molecule has 1 saturated heterocycles. The number of hydrogen-bond acceptors (Lipinski definition) is 10. The number of hydrogen-bond donors (Lipinski definition) is 3. The quantitative estimate of drug-likeness (QED) is 0.327. The SMILES string of the molecule is CC[C@@H]1C[C@@H](C)CC/C=C\[C@@H]2C[C@@]2(C(=O)NS(=O)(=O)C2CC2)NC(=O)[C@@H]2C[C@@H](Oc3nccc4c(OC)cccc34)CN2C(=O)[C@H]1NC(=O)OC(C)(C)C. The lowest BCUT2D eigenvalue weighted by atomic mass is 9.85. The molecule has 2 aromatic rings. The van der Waals surface area contributed by atoms with Gasteiger partial charge in [-0.15, -0.1) is 0 Å². The number of ether oxygens (including phenoxy) is 3. The highest BCUT2D eigenvalue weighted by atomic mass is 32.2. The van der Waals surface area contributed by atoms with Crippen LogP contribution in [0.15, 0.2) is 42.6 Å². The summed E-state index contributed by atoms with van der Waals surface area (Å²) in [7, 11) is -2.33. The van der Waals surface area contributed by atoms with Crippen LogP contribution in [0.5, 0.6) is 11.6 Å². The highest BCUT2D eigenvalue weighted by molar-refractivity contribution is 7.91. The Balaban J connectivity index is 1.36. The smallest absolute Gasteiger partial charge is 0.408 e. The van der Waals surface area contributed by atoms with Crippen molar-refractivity contribution < 1.29 is 41.8 Å². The molecule has 4 amide bonds. The van der Waals surface area contributed by atoms with Gasteiger partial charge in [-0.25, -0.2) is 18.2 Å². The number of fused-ring (bicyclic) bond motifs is 3.